The first kappa shape index (κ1) is 30.6. The summed E-state index contributed by atoms with van der Waals surface area (Å²) in [5, 5.41) is 2.07. The van der Waals surface area contributed by atoms with Crippen molar-refractivity contribution in [1.29, 1.82) is 0 Å². The van der Waals surface area contributed by atoms with Crippen LogP contribution in [0.25, 0.3) is 10.8 Å². The fourth-order valence-corrected chi connectivity index (χ4v) is 5.22. The summed E-state index contributed by atoms with van der Waals surface area (Å²) in [6.45, 7) is 4.47. The van der Waals surface area contributed by atoms with Gasteiger partial charge in [0.05, 0.1) is 4.90 Å². The molecule has 2 aromatic carbocycles. The molecule has 0 saturated heterocycles. The third-order valence-electron chi connectivity index (χ3n) is 6.51. The Labute approximate surface area is 225 Å². The van der Waals surface area contributed by atoms with Gasteiger partial charge in [-0.15, -0.1) is 0 Å². The number of hydrogen-bond donors (Lipinski definition) is 0. The van der Waals surface area contributed by atoms with E-state index in [-0.39, 0.29) is 34.5 Å². The minimum Gasteiger partial charge on any atom is -0.744 e. The monoisotopic (exact) mass is 482 g/mol. The molecule has 0 amide bonds. The molecule has 0 aromatic heterocycles. The van der Waals surface area contributed by atoms with Gasteiger partial charge in [-0.1, -0.05) is 109 Å². The quantitative estimate of drug-likeness (QED) is 0.174. The van der Waals surface area contributed by atoms with Gasteiger partial charge < -0.3 is 4.55 Å². The topological polar surface area (TPSA) is 57.2 Å². The third-order valence-corrected chi connectivity index (χ3v) is 7.32. The van der Waals surface area contributed by atoms with E-state index in [9.17, 15) is 13.0 Å². The fourth-order valence-electron chi connectivity index (χ4n) is 4.67. The predicted molar refractivity (Wildman–Crippen MR) is 135 cm³/mol. The molecular weight excluding hydrogens is 439 g/mol. The maximum atomic E-state index is 11.8. The molecule has 0 atom stereocenters. The van der Waals surface area contributed by atoms with Crippen LogP contribution in [0.2, 0.25) is 0 Å². The zero-order valence-corrected chi connectivity index (χ0v) is 24.1. The van der Waals surface area contributed by atoms with Crippen molar-refractivity contribution in [2.24, 2.45) is 0 Å². The molecule has 0 heterocycles. The molecular formula is C28H43NaO3S. The van der Waals surface area contributed by atoms with Crippen molar-refractivity contribution >= 4 is 20.9 Å². The predicted octanol–water partition coefficient (Wildman–Crippen LogP) is 5.33. The van der Waals surface area contributed by atoms with Gasteiger partial charge in [0.1, 0.15) is 10.1 Å². The van der Waals surface area contributed by atoms with E-state index < -0.39 is 10.1 Å². The summed E-state index contributed by atoms with van der Waals surface area (Å²) in [6, 6.07) is 9.35. The van der Waals surface area contributed by atoms with Crippen LogP contribution in [0.15, 0.2) is 35.2 Å². The molecule has 0 N–H and O–H groups in total. The fraction of sp³-hybridized carbons (Fsp3) is 0.643. The summed E-state index contributed by atoms with van der Waals surface area (Å²) in [5.74, 6) is 0. The van der Waals surface area contributed by atoms with Crippen molar-refractivity contribution in [3.63, 3.8) is 0 Å². The SMILES string of the molecule is CCCCCCCCCc1cccc2cc(S(=O)(=O)[O-])cc(CCCCCCCCC)c12.[Na+]. The largest absolute Gasteiger partial charge is 1.00 e. The molecule has 0 saturated carbocycles. The van der Waals surface area contributed by atoms with E-state index in [0.29, 0.717) is 0 Å². The van der Waals surface area contributed by atoms with Gasteiger partial charge >= 0.3 is 29.6 Å². The minimum atomic E-state index is -4.46. The Kier molecular flexibility index (Phi) is 15.9. The van der Waals surface area contributed by atoms with Crippen molar-refractivity contribution in [3.05, 3.63) is 41.5 Å². The summed E-state index contributed by atoms with van der Waals surface area (Å²) < 4.78 is 35.3. The number of hydrogen-bond acceptors (Lipinski definition) is 3. The number of unbranched alkanes of at least 4 members (excludes halogenated alkanes) is 12. The Morgan fingerprint density at radius 2 is 1.15 bits per heavy atom. The normalized spacial score (nSPS) is 11.6. The molecule has 5 heteroatoms. The molecule has 0 radical (unpaired) electrons. The number of benzene rings is 2. The van der Waals surface area contributed by atoms with Crippen LogP contribution >= 0.6 is 0 Å². The van der Waals surface area contributed by atoms with Crippen molar-refractivity contribution in [2.75, 3.05) is 0 Å². The molecule has 180 valence electrons. The molecule has 0 unspecified atom stereocenters. The van der Waals surface area contributed by atoms with Crippen LogP contribution < -0.4 is 29.6 Å². The van der Waals surface area contributed by atoms with Gasteiger partial charge in [-0.25, -0.2) is 8.42 Å². The van der Waals surface area contributed by atoms with Crippen molar-refractivity contribution in [2.45, 2.75) is 121 Å². The van der Waals surface area contributed by atoms with Gasteiger partial charge in [0, 0.05) is 0 Å². The molecule has 0 aliphatic carbocycles. The van der Waals surface area contributed by atoms with E-state index in [1.165, 1.54) is 81.6 Å². The second kappa shape index (κ2) is 17.1. The van der Waals surface area contributed by atoms with Gasteiger partial charge in [-0.3, -0.25) is 0 Å². The summed E-state index contributed by atoms with van der Waals surface area (Å²) in [6.07, 6.45) is 19.3. The Balaban J connectivity index is 0.00000544. The van der Waals surface area contributed by atoms with Gasteiger partial charge in [0.2, 0.25) is 0 Å². The Morgan fingerprint density at radius 3 is 1.67 bits per heavy atom. The molecule has 0 fully saturated rings. The smallest absolute Gasteiger partial charge is 0.744 e. The average molecular weight is 483 g/mol. The second-order valence-electron chi connectivity index (χ2n) is 9.29. The number of rotatable bonds is 17. The first-order chi connectivity index (χ1) is 15.5. The van der Waals surface area contributed by atoms with E-state index in [4.69, 9.17) is 0 Å². The standard InChI is InChI=1S/C28H44O3S.Na/c1-3-5-7-9-11-13-15-18-24-20-17-21-26-23-27(32(29,30)31)22-25(28(24)26)19-16-14-12-10-8-6-4-2;/h17,20-23H,3-16,18-19H2,1-2H3,(H,29,30,31);/q;+1/p-1. The third kappa shape index (κ3) is 11.3. The van der Waals surface area contributed by atoms with E-state index in [1.807, 2.05) is 12.1 Å². The molecule has 2 rings (SSSR count). The van der Waals surface area contributed by atoms with Crippen molar-refractivity contribution in [1.82, 2.24) is 0 Å². The van der Waals surface area contributed by atoms with Crippen LogP contribution in [0.5, 0.6) is 0 Å². The van der Waals surface area contributed by atoms with Crippen molar-refractivity contribution in [3.8, 4) is 0 Å². The van der Waals surface area contributed by atoms with Gasteiger partial charge in [-0.2, -0.15) is 0 Å². The van der Waals surface area contributed by atoms with Crippen LogP contribution in [-0.2, 0) is 23.0 Å². The minimum absolute atomic E-state index is 0. The molecule has 33 heavy (non-hydrogen) atoms. The number of fused-ring (bicyclic) bond motifs is 1. The van der Waals surface area contributed by atoms with Crippen LogP contribution in [0.1, 0.15) is 115 Å². The maximum Gasteiger partial charge on any atom is 1.00 e. The van der Waals surface area contributed by atoms with Crippen LogP contribution in [0.3, 0.4) is 0 Å². The first-order valence-electron chi connectivity index (χ1n) is 13.0. The van der Waals surface area contributed by atoms with E-state index in [0.717, 1.165) is 43.1 Å². The van der Waals surface area contributed by atoms with E-state index in [1.54, 1.807) is 12.1 Å². The van der Waals surface area contributed by atoms with Gasteiger partial charge in [0.25, 0.3) is 0 Å². The molecule has 0 aliphatic rings. The van der Waals surface area contributed by atoms with Gasteiger partial charge in [0.15, 0.2) is 0 Å². The maximum absolute atomic E-state index is 11.8. The second-order valence-corrected chi connectivity index (χ2v) is 10.7. The van der Waals surface area contributed by atoms with Crippen LogP contribution in [0, 0.1) is 0 Å². The summed E-state index contributed by atoms with van der Waals surface area (Å²) in [7, 11) is -4.46. The zero-order valence-electron chi connectivity index (χ0n) is 21.3. The Hall–Kier alpha value is -0.390. The van der Waals surface area contributed by atoms with E-state index >= 15 is 0 Å². The van der Waals surface area contributed by atoms with Crippen LogP contribution in [-0.4, -0.2) is 13.0 Å². The molecule has 0 bridgehead atoms. The molecule has 0 spiro atoms. The molecule has 2 aromatic rings. The molecule has 3 nitrogen and oxygen atoms in total. The van der Waals surface area contributed by atoms with Crippen LogP contribution in [0.4, 0.5) is 0 Å². The molecule has 0 aliphatic heterocycles. The van der Waals surface area contributed by atoms with Crippen molar-refractivity contribution < 1.29 is 42.5 Å². The zero-order chi connectivity index (χ0) is 23.2. The summed E-state index contributed by atoms with van der Waals surface area (Å²) in [4.78, 5) is -0.0870. The summed E-state index contributed by atoms with van der Waals surface area (Å²) >= 11 is 0. The Bertz CT molecular complexity index is 909. The number of aryl methyl sites for hydroxylation is 2. The summed E-state index contributed by atoms with van der Waals surface area (Å²) in [5.41, 5.74) is 2.33. The van der Waals surface area contributed by atoms with E-state index in [2.05, 4.69) is 19.9 Å². The first-order valence-corrected chi connectivity index (χ1v) is 14.4. The average Bonchev–Trinajstić information content (AvgIpc) is 2.77. The van der Waals surface area contributed by atoms with Gasteiger partial charge in [-0.05, 0) is 59.7 Å². The Morgan fingerprint density at radius 1 is 0.667 bits per heavy atom.